The number of amidine groups is 1. The molecular formula is C21H24N4O4. The number of carbonyl (C=O) groups is 3. The van der Waals surface area contributed by atoms with Gasteiger partial charge in [0.2, 0.25) is 0 Å². The van der Waals surface area contributed by atoms with E-state index in [1.165, 1.54) is 6.92 Å². The van der Waals surface area contributed by atoms with Crippen molar-refractivity contribution in [3.05, 3.63) is 65.7 Å². The second-order valence-corrected chi connectivity index (χ2v) is 6.89. The molecule has 0 heterocycles. The van der Waals surface area contributed by atoms with Gasteiger partial charge in [0.25, 0.3) is 0 Å². The van der Waals surface area contributed by atoms with Crippen LogP contribution in [-0.2, 0) is 14.4 Å². The molecule has 0 aliphatic rings. The molecule has 2 aromatic carbocycles. The summed E-state index contributed by atoms with van der Waals surface area (Å²) in [5, 5.41) is 20.4. The average Bonchev–Trinajstić information content (AvgIpc) is 2.72. The van der Waals surface area contributed by atoms with Gasteiger partial charge in [-0.05, 0) is 29.8 Å². The van der Waals surface area contributed by atoms with Gasteiger partial charge >= 0.3 is 5.97 Å². The number of carboxylic acid groups (broad SMARTS) is 1. The zero-order valence-corrected chi connectivity index (χ0v) is 16.0. The number of Topliss-reactive ketones (excluding diaryl/α,β-unsaturated/α-hetero) is 1. The van der Waals surface area contributed by atoms with E-state index >= 15 is 0 Å². The highest BCUT2D eigenvalue weighted by Crippen LogP contribution is 2.31. The summed E-state index contributed by atoms with van der Waals surface area (Å²) >= 11 is 0. The molecule has 29 heavy (non-hydrogen) atoms. The van der Waals surface area contributed by atoms with E-state index in [9.17, 15) is 19.5 Å². The third-order valence-corrected chi connectivity index (χ3v) is 4.65. The Morgan fingerprint density at radius 1 is 1.17 bits per heavy atom. The lowest BCUT2D eigenvalue weighted by molar-refractivity contribution is -0.149. The summed E-state index contributed by atoms with van der Waals surface area (Å²) in [6.07, 6.45) is 0.298. The SMILES string of the molecule is CC(C=O)CC(=O)C(N)(C(=O)O)C(Nc1ccc(C(=N)N)cc1)c1ccccc1. The van der Waals surface area contributed by atoms with Gasteiger partial charge in [0, 0.05) is 23.6 Å². The van der Waals surface area contributed by atoms with Crippen LogP contribution in [0.4, 0.5) is 5.69 Å². The van der Waals surface area contributed by atoms with Gasteiger partial charge in [-0.3, -0.25) is 10.2 Å². The van der Waals surface area contributed by atoms with Crippen molar-refractivity contribution >= 4 is 29.6 Å². The number of anilines is 1. The third kappa shape index (κ3) is 4.85. The zero-order valence-electron chi connectivity index (χ0n) is 16.0. The molecule has 0 radical (unpaired) electrons. The van der Waals surface area contributed by atoms with E-state index in [2.05, 4.69) is 5.32 Å². The molecule has 0 aromatic heterocycles. The normalized spacial score (nSPS) is 14.8. The number of carboxylic acids is 1. The van der Waals surface area contributed by atoms with Gasteiger partial charge in [0.05, 0.1) is 6.04 Å². The summed E-state index contributed by atoms with van der Waals surface area (Å²) in [5.41, 5.74) is 10.9. The Morgan fingerprint density at radius 2 is 1.76 bits per heavy atom. The number of benzene rings is 2. The molecule has 0 amide bonds. The molecule has 3 unspecified atom stereocenters. The van der Waals surface area contributed by atoms with Crippen molar-refractivity contribution in [2.24, 2.45) is 17.4 Å². The lowest BCUT2D eigenvalue weighted by atomic mass is 9.79. The summed E-state index contributed by atoms with van der Waals surface area (Å²) in [7, 11) is 0. The fraction of sp³-hybridized carbons (Fsp3) is 0.238. The van der Waals surface area contributed by atoms with Crippen LogP contribution in [0, 0.1) is 11.3 Å². The number of aldehydes is 1. The Labute approximate surface area is 168 Å². The number of carbonyl (C=O) groups excluding carboxylic acids is 2. The van der Waals surface area contributed by atoms with E-state index in [1.807, 2.05) is 0 Å². The second-order valence-electron chi connectivity index (χ2n) is 6.89. The van der Waals surface area contributed by atoms with Gasteiger partial charge in [-0.2, -0.15) is 0 Å². The standard InChI is InChI=1S/C21H24N4O4/c1-13(12-26)11-17(27)21(24,20(28)29)18(14-5-3-2-4-6-14)25-16-9-7-15(8-10-16)19(22)23/h2-10,12-13,18,25H,11,24H2,1H3,(H3,22,23)(H,28,29). The van der Waals surface area contributed by atoms with Crippen molar-refractivity contribution in [2.45, 2.75) is 24.9 Å². The molecule has 0 aliphatic heterocycles. The number of hydrogen-bond acceptors (Lipinski definition) is 6. The molecule has 0 bridgehead atoms. The van der Waals surface area contributed by atoms with Gasteiger partial charge in [-0.25, -0.2) is 4.79 Å². The Hall–Kier alpha value is -3.52. The number of rotatable bonds is 10. The molecule has 152 valence electrons. The van der Waals surface area contributed by atoms with Gasteiger partial charge in [-0.15, -0.1) is 0 Å². The first-order valence-electron chi connectivity index (χ1n) is 8.97. The van der Waals surface area contributed by atoms with Crippen LogP contribution in [0.25, 0.3) is 0 Å². The summed E-state index contributed by atoms with van der Waals surface area (Å²) < 4.78 is 0. The summed E-state index contributed by atoms with van der Waals surface area (Å²) in [4.78, 5) is 36.0. The molecule has 0 aliphatic carbocycles. The molecule has 0 fully saturated rings. The first-order valence-corrected chi connectivity index (χ1v) is 8.97. The molecule has 8 heteroatoms. The van der Waals surface area contributed by atoms with Gasteiger partial charge in [0.1, 0.15) is 12.1 Å². The van der Waals surface area contributed by atoms with E-state index in [1.54, 1.807) is 54.6 Å². The third-order valence-electron chi connectivity index (χ3n) is 4.65. The van der Waals surface area contributed by atoms with Crippen LogP contribution in [0.15, 0.2) is 54.6 Å². The Balaban J connectivity index is 2.50. The number of ketones is 1. The molecular weight excluding hydrogens is 372 g/mol. The molecule has 0 spiro atoms. The first-order chi connectivity index (χ1) is 13.7. The highest BCUT2D eigenvalue weighted by atomic mass is 16.4. The largest absolute Gasteiger partial charge is 0.479 e. The van der Waals surface area contributed by atoms with Crippen molar-refractivity contribution in [2.75, 3.05) is 5.32 Å². The van der Waals surface area contributed by atoms with E-state index < -0.39 is 29.3 Å². The van der Waals surface area contributed by atoms with Crippen molar-refractivity contribution in [3.8, 4) is 0 Å². The van der Waals surface area contributed by atoms with Gasteiger partial charge in [-0.1, -0.05) is 37.3 Å². The Morgan fingerprint density at radius 3 is 2.24 bits per heavy atom. The maximum Gasteiger partial charge on any atom is 0.334 e. The monoisotopic (exact) mass is 396 g/mol. The van der Waals surface area contributed by atoms with E-state index in [0.717, 1.165) is 0 Å². The van der Waals surface area contributed by atoms with Gasteiger partial charge in [0.15, 0.2) is 11.3 Å². The van der Waals surface area contributed by atoms with Crippen molar-refractivity contribution in [1.82, 2.24) is 0 Å². The zero-order chi connectivity index (χ0) is 21.6. The molecule has 7 N–H and O–H groups in total. The molecule has 3 atom stereocenters. The first kappa shape index (κ1) is 21.8. The molecule has 0 saturated heterocycles. The average molecular weight is 396 g/mol. The summed E-state index contributed by atoms with van der Waals surface area (Å²) in [5.74, 6) is -3.02. The van der Waals surface area contributed by atoms with Crippen LogP contribution in [0.5, 0.6) is 0 Å². The number of nitrogens with one attached hydrogen (secondary N) is 2. The highest BCUT2D eigenvalue weighted by molar-refractivity contribution is 6.09. The van der Waals surface area contributed by atoms with Crippen LogP contribution >= 0.6 is 0 Å². The number of nitrogens with two attached hydrogens (primary N) is 2. The summed E-state index contributed by atoms with van der Waals surface area (Å²) in [6.45, 7) is 1.53. The maximum absolute atomic E-state index is 12.9. The predicted octanol–water partition coefficient (Wildman–Crippen LogP) is 1.70. The molecule has 2 aromatic rings. The van der Waals surface area contributed by atoms with Crippen LogP contribution in [0.1, 0.15) is 30.5 Å². The minimum Gasteiger partial charge on any atom is -0.479 e. The minimum atomic E-state index is -2.31. The molecule has 8 nitrogen and oxygen atoms in total. The number of nitrogen functional groups attached to an aromatic ring is 1. The fourth-order valence-electron chi connectivity index (χ4n) is 2.93. The minimum absolute atomic E-state index is 0.104. The fourth-order valence-corrected chi connectivity index (χ4v) is 2.93. The lowest BCUT2D eigenvalue weighted by Gasteiger charge is -2.34. The van der Waals surface area contributed by atoms with E-state index in [0.29, 0.717) is 23.1 Å². The van der Waals surface area contributed by atoms with Crippen LogP contribution in [0.3, 0.4) is 0 Å². The quantitative estimate of drug-likeness (QED) is 0.177. The molecule has 2 rings (SSSR count). The predicted molar refractivity (Wildman–Crippen MR) is 110 cm³/mol. The maximum atomic E-state index is 12.9. The van der Waals surface area contributed by atoms with Crippen molar-refractivity contribution in [1.29, 1.82) is 5.41 Å². The lowest BCUT2D eigenvalue weighted by Crippen LogP contribution is -2.61. The Kier molecular flexibility index (Phi) is 6.84. The van der Waals surface area contributed by atoms with Crippen LogP contribution in [0.2, 0.25) is 0 Å². The van der Waals surface area contributed by atoms with Gasteiger partial charge < -0.3 is 26.7 Å². The van der Waals surface area contributed by atoms with Crippen LogP contribution in [-0.4, -0.2) is 34.5 Å². The van der Waals surface area contributed by atoms with E-state index in [-0.39, 0.29) is 12.3 Å². The summed E-state index contributed by atoms with van der Waals surface area (Å²) in [6, 6.07) is 13.9. The van der Waals surface area contributed by atoms with Crippen molar-refractivity contribution in [3.63, 3.8) is 0 Å². The highest BCUT2D eigenvalue weighted by Gasteiger charge is 2.50. The smallest absolute Gasteiger partial charge is 0.334 e. The molecule has 0 saturated carbocycles. The number of aliphatic carboxylic acids is 1. The topological polar surface area (TPSA) is 159 Å². The van der Waals surface area contributed by atoms with Crippen LogP contribution < -0.4 is 16.8 Å². The van der Waals surface area contributed by atoms with E-state index in [4.69, 9.17) is 16.9 Å². The number of hydrogen-bond donors (Lipinski definition) is 5. The van der Waals surface area contributed by atoms with Crippen molar-refractivity contribution < 1.29 is 19.5 Å². The second kappa shape index (κ2) is 9.11. The Bertz CT molecular complexity index is 899.